The van der Waals surface area contributed by atoms with Crippen LogP contribution in [-0.4, -0.2) is 124 Å². The Kier molecular flexibility index (Phi) is 12.0. The van der Waals surface area contributed by atoms with Crippen molar-refractivity contribution in [1.29, 1.82) is 0 Å². The highest BCUT2D eigenvalue weighted by atomic mass is 19.4. The molecule has 4 aromatic rings. The molecule has 1 spiro atoms. The van der Waals surface area contributed by atoms with E-state index in [4.69, 9.17) is 4.74 Å². The lowest BCUT2D eigenvalue weighted by molar-refractivity contribution is -0.141. The SMILES string of the molecule is COc1cc2nn(CC#CC3CCN(CC(=O)N4CCC5(CC4)CCN(c4cccc6c4C(=O)N(C4CCC(=O)NC4=O)C6=O)CC5)CC3)cc2cc1NC(=O)c1cccc(C(F)(F)F)n1. The van der Waals surface area contributed by atoms with Crippen LogP contribution in [0.4, 0.5) is 24.5 Å². The number of carbonyl (C=O) groups excluding carboxylic acids is 6. The summed E-state index contributed by atoms with van der Waals surface area (Å²) in [4.78, 5) is 88.5. The van der Waals surface area contributed by atoms with E-state index < -0.39 is 47.4 Å². The van der Waals surface area contributed by atoms with Gasteiger partial charge in [-0.05, 0) is 93.8 Å². The Hall–Kier alpha value is -6.81. The van der Waals surface area contributed by atoms with Crippen LogP contribution in [0.25, 0.3) is 10.9 Å². The third kappa shape index (κ3) is 8.93. The molecule has 16 nitrogen and oxygen atoms in total. The fraction of sp³-hybridized carbons (Fsp3) is 0.447. The molecule has 19 heteroatoms. The van der Waals surface area contributed by atoms with E-state index >= 15 is 0 Å². The first-order valence-electron chi connectivity index (χ1n) is 22.2. The van der Waals surface area contributed by atoms with E-state index in [0.29, 0.717) is 61.4 Å². The molecule has 1 atom stereocenters. The van der Waals surface area contributed by atoms with Crippen molar-refractivity contribution in [2.45, 2.75) is 70.1 Å². The van der Waals surface area contributed by atoms with Gasteiger partial charge in [0.15, 0.2) is 0 Å². The number of aromatic nitrogens is 3. The van der Waals surface area contributed by atoms with Gasteiger partial charge in [0.25, 0.3) is 17.7 Å². The predicted octanol–water partition coefficient (Wildman–Crippen LogP) is 4.74. The number of pyridine rings is 1. The van der Waals surface area contributed by atoms with Crippen LogP contribution >= 0.6 is 0 Å². The normalized spacial score (nSPS) is 20.3. The number of benzene rings is 2. The van der Waals surface area contributed by atoms with Crippen LogP contribution in [0, 0.1) is 23.2 Å². The zero-order valence-electron chi connectivity index (χ0n) is 36.3. The van der Waals surface area contributed by atoms with Crippen molar-refractivity contribution in [2.75, 3.05) is 63.1 Å². The zero-order valence-corrected chi connectivity index (χ0v) is 36.3. The summed E-state index contributed by atoms with van der Waals surface area (Å²) in [7, 11) is 1.41. The van der Waals surface area contributed by atoms with Gasteiger partial charge in [-0.1, -0.05) is 24.0 Å². The van der Waals surface area contributed by atoms with Crippen molar-refractivity contribution in [3.8, 4) is 17.6 Å². The molecular weight excluding hydrogens is 860 g/mol. The molecule has 7 heterocycles. The average Bonchev–Trinajstić information content (AvgIpc) is 3.82. The van der Waals surface area contributed by atoms with Crippen molar-refractivity contribution in [3.63, 3.8) is 0 Å². The summed E-state index contributed by atoms with van der Waals surface area (Å²) in [5.41, 5.74) is 0.656. The molecule has 344 valence electrons. The second-order valence-corrected chi connectivity index (χ2v) is 17.7. The Balaban J connectivity index is 0.723. The van der Waals surface area contributed by atoms with Gasteiger partial charge in [-0.3, -0.25) is 48.6 Å². The molecule has 0 aliphatic carbocycles. The largest absolute Gasteiger partial charge is 0.494 e. The minimum absolute atomic E-state index is 0.0642. The Bertz CT molecular complexity index is 2680. The van der Waals surface area contributed by atoms with E-state index in [9.17, 15) is 41.9 Å². The number of amides is 6. The minimum atomic E-state index is -4.69. The number of anilines is 2. The first-order valence-corrected chi connectivity index (χ1v) is 22.2. The third-order valence-corrected chi connectivity index (χ3v) is 13.7. The van der Waals surface area contributed by atoms with Gasteiger partial charge in [-0.25, -0.2) is 4.98 Å². The third-order valence-electron chi connectivity index (χ3n) is 13.7. The highest BCUT2D eigenvalue weighted by molar-refractivity contribution is 6.25. The second kappa shape index (κ2) is 17.9. The lowest BCUT2D eigenvalue weighted by Gasteiger charge is -2.47. The highest BCUT2D eigenvalue weighted by Crippen LogP contribution is 2.44. The second-order valence-electron chi connectivity index (χ2n) is 17.7. The minimum Gasteiger partial charge on any atom is -0.494 e. The van der Waals surface area contributed by atoms with Crippen LogP contribution in [0.2, 0.25) is 0 Å². The first-order chi connectivity index (χ1) is 31.7. The molecule has 4 fully saturated rings. The lowest BCUT2D eigenvalue weighted by atomic mass is 9.71. The number of likely N-dealkylation sites (tertiary alicyclic amines) is 2. The molecule has 2 aromatic carbocycles. The fourth-order valence-corrected chi connectivity index (χ4v) is 9.87. The van der Waals surface area contributed by atoms with E-state index in [1.807, 2.05) is 11.0 Å². The summed E-state index contributed by atoms with van der Waals surface area (Å²) in [5, 5.41) is 10.1. The Labute approximate surface area is 377 Å². The van der Waals surface area contributed by atoms with Crippen molar-refractivity contribution in [2.24, 2.45) is 11.3 Å². The quantitative estimate of drug-likeness (QED) is 0.184. The van der Waals surface area contributed by atoms with Gasteiger partial charge in [-0.2, -0.15) is 18.3 Å². The molecule has 66 heavy (non-hydrogen) atoms. The van der Waals surface area contributed by atoms with Gasteiger partial charge >= 0.3 is 6.18 Å². The molecule has 0 saturated carbocycles. The molecule has 2 aromatic heterocycles. The number of halogens is 3. The summed E-state index contributed by atoms with van der Waals surface area (Å²) in [6, 6.07) is 10.6. The van der Waals surface area contributed by atoms with Gasteiger partial charge in [0.05, 0.1) is 41.7 Å². The maximum Gasteiger partial charge on any atom is 0.433 e. The summed E-state index contributed by atoms with van der Waals surface area (Å²) in [6.45, 7) is 5.00. The number of hydrogen-bond donors (Lipinski definition) is 2. The summed E-state index contributed by atoms with van der Waals surface area (Å²) < 4.78 is 46.6. The average molecular weight is 908 g/mol. The molecule has 1 unspecified atom stereocenters. The molecule has 4 saturated heterocycles. The smallest absolute Gasteiger partial charge is 0.433 e. The van der Waals surface area contributed by atoms with Crippen molar-refractivity contribution in [1.82, 2.24) is 34.8 Å². The van der Waals surface area contributed by atoms with E-state index in [1.54, 1.807) is 35.1 Å². The summed E-state index contributed by atoms with van der Waals surface area (Å²) in [6.07, 6.45) is 2.51. The Morgan fingerprint density at radius 3 is 2.36 bits per heavy atom. The Morgan fingerprint density at radius 1 is 0.924 bits per heavy atom. The van der Waals surface area contributed by atoms with E-state index in [-0.39, 0.29) is 52.8 Å². The van der Waals surface area contributed by atoms with Gasteiger partial charge in [-0.15, -0.1) is 0 Å². The Morgan fingerprint density at radius 2 is 1.65 bits per heavy atom. The zero-order chi connectivity index (χ0) is 46.3. The molecule has 5 aliphatic heterocycles. The summed E-state index contributed by atoms with van der Waals surface area (Å²) >= 11 is 0. The van der Waals surface area contributed by atoms with Crippen LogP contribution < -0.4 is 20.3 Å². The number of alkyl halides is 3. The number of rotatable bonds is 8. The number of carbonyl (C=O) groups is 6. The van der Waals surface area contributed by atoms with Gasteiger partial charge in [0.1, 0.15) is 29.7 Å². The van der Waals surface area contributed by atoms with Crippen LogP contribution in [0.3, 0.4) is 0 Å². The van der Waals surface area contributed by atoms with Crippen LogP contribution in [0.1, 0.15) is 88.3 Å². The summed E-state index contributed by atoms with van der Waals surface area (Å²) in [5.74, 6) is 4.30. The molecule has 6 amide bonds. The number of nitrogens with one attached hydrogen (secondary N) is 2. The number of piperidine rings is 4. The molecule has 9 rings (SSSR count). The maximum absolute atomic E-state index is 13.7. The number of methoxy groups -OCH3 is 1. The predicted molar refractivity (Wildman–Crippen MR) is 233 cm³/mol. The van der Waals surface area contributed by atoms with Gasteiger partial charge in [0, 0.05) is 56.2 Å². The topological polar surface area (TPSA) is 179 Å². The molecule has 2 N–H and O–H groups in total. The number of imide groups is 2. The monoisotopic (exact) mass is 907 g/mol. The molecule has 0 bridgehead atoms. The van der Waals surface area contributed by atoms with Crippen molar-refractivity contribution in [3.05, 3.63) is 77.2 Å². The van der Waals surface area contributed by atoms with Gasteiger partial charge in [0.2, 0.25) is 17.7 Å². The number of fused-ring (bicyclic) bond motifs is 2. The first kappa shape index (κ1) is 44.4. The lowest BCUT2D eigenvalue weighted by Crippen LogP contribution is -2.54. The molecule has 5 aliphatic rings. The number of nitrogens with zero attached hydrogens (tertiary/aromatic N) is 7. The van der Waals surface area contributed by atoms with Crippen LogP contribution in [-0.2, 0) is 27.1 Å². The van der Waals surface area contributed by atoms with E-state index in [1.165, 1.54) is 13.2 Å². The standard InChI is InChI=1S/C47H48F3N9O7/c1-66-37-26-33-30(25-34(37)52-42(62)32-7-3-9-38(51-32)47(48,49)50)27-58(54-33)18-4-5-29-12-19-55(20-13-29)28-40(61)57-23-16-46(17-24-57)14-21-56(22-15-46)35-8-2-6-31-41(35)45(65)59(44(31)64)36-10-11-39(60)53-43(36)63/h2-3,6-9,25-27,29,36H,10-24,28H2,1H3,(H,52,62)(H,53,60,63). The maximum atomic E-state index is 13.7. The van der Waals surface area contributed by atoms with E-state index in [2.05, 4.69) is 42.4 Å². The van der Waals surface area contributed by atoms with Crippen LogP contribution in [0.15, 0.2) is 54.7 Å². The van der Waals surface area contributed by atoms with Crippen LogP contribution in [0.5, 0.6) is 5.75 Å². The van der Waals surface area contributed by atoms with Gasteiger partial charge < -0.3 is 19.9 Å². The number of ether oxygens (including phenoxy) is 1. The molecular formula is C47H48F3N9O7. The number of hydrogen-bond acceptors (Lipinski definition) is 11. The highest BCUT2D eigenvalue weighted by Gasteiger charge is 2.47. The molecule has 0 radical (unpaired) electrons. The van der Waals surface area contributed by atoms with Crippen molar-refractivity contribution < 1.29 is 46.7 Å². The fourth-order valence-electron chi connectivity index (χ4n) is 9.87. The van der Waals surface area contributed by atoms with E-state index in [0.717, 1.165) is 68.6 Å². The van der Waals surface area contributed by atoms with Crippen molar-refractivity contribution >= 4 is 57.7 Å².